The zero-order chi connectivity index (χ0) is 16.6. The standard InChI is InChI=1S/C18H17ClN2O2/c1-11(2)15-9-13(19)8-7-12(15)10-21-16-6-4-3-5-14(16)17(20-21)18(22)23/h3-9,11H,10H2,1-2H3,(H,22,23). The van der Waals surface area contributed by atoms with E-state index in [1.807, 2.05) is 36.4 Å². The van der Waals surface area contributed by atoms with Crippen LogP contribution < -0.4 is 0 Å². The lowest BCUT2D eigenvalue weighted by Crippen LogP contribution is -2.07. The van der Waals surface area contributed by atoms with Crippen molar-refractivity contribution < 1.29 is 9.90 Å². The Bertz CT molecular complexity index is 884. The highest BCUT2D eigenvalue weighted by molar-refractivity contribution is 6.30. The van der Waals surface area contributed by atoms with Crippen LogP contribution in [0.25, 0.3) is 10.9 Å². The highest BCUT2D eigenvalue weighted by atomic mass is 35.5. The van der Waals surface area contributed by atoms with Gasteiger partial charge in [0, 0.05) is 10.4 Å². The Hall–Kier alpha value is -2.33. The summed E-state index contributed by atoms with van der Waals surface area (Å²) in [6.07, 6.45) is 0. The van der Waals surface area contributed by atoms with Gasteiger partial charge in [0.1, 0.15) is 0 Å². The second-order valence-electron chi connectivity index (χ2n) is 5.83. The van der Waals surface area contributed by atoms with Gasteiger partial charge in [-0.2, -0.15) is 5.10 Å². The highest BCUT2D eigenvalue weighted by Gasteiger charge is 2.17. The van der Waals surface area contributed by atoms with Crippen LogP contribution in [-0.4, -0.2) is 20.9 Å². The van der Waals surface area contributed by atoms with E-state index in [1.165, 1.54) is 0 Å². The molecule has 2 aromatic carbocycles. The molecule has 0 aliphatic carbocycles. The Labute approximate surface area is 139 Å². The van der Waals surface area contributed by atoms with E-state index < -0.39 is 5.97 Å². The van der Waals surface area contributed by atoms with Gasteiger partial charge in [-0.25, -0.2) is 4.79 Å². The summed E-state index contributed by atoms with van der Waals surface area (Å²) >= 11 is 6.10. The van der Waals surface area contributed by atoms with E-state index in [0.29, 0.717) is 22.9 Å². The monoisotopic (exact) mass is 328 g/mol. The maximum Gasteiger partial charge on any atom is 0.357 e. The van der Waals surface area contributed by atoms with E-state index in [-0.39, 0.29) is 5.69 Å². The lowest BCUT2D eigenvalue weighted by Gasteiger charge is -2.14. The number of para-hydroxylation sites is 1. The molecule has 0 unspecified atom stereocenters. The summed E-state index contributed by atoms with van der Waals surface area (Å²) in [6.45, 7) is 4.73. The number of halogens is 1. The lowest BCUT2D eigenvalue weighted by atomic mass is 9.97. The lowest BCUT2D eigenvalue weighted by molar-refractivity contribution is 0.0691. The Balaban J connectivity index is 2.11. The van der Waals surface area contributed by atoms with E-state index in [9.17, 15) is 9.90 Å². The molecule has 23 heavy (non-hydrogen) atoms. The minimum Gasteiger partial charge on any atom is -0.476 e. The number of hydrogen-bond donors (Lipinski definition) is 1. The molecule has 0 aliphatic heterocycles. The number of aromatic carboxylic acids is 1. The van der Waals surface area contributed by atoms with E-state index in [1.54, 1.807) is 10.7 Å². The summed E-state index contributed by atoms with van der Waals surface area (Å²) in [5.41, 5.74) is 3.14. The average Bonchev–Trinajstić information content (AvgIpc) is 2.88. The van der Waals surface area contributed by atoms with Crippen molar-refractivity contribution in [1.82, 2.24) is 9.78 Å². The summed E-state index contributed by atoms with van der Waals surface area (Å²) in [5, 5.41) is 15.0. The second-order valence-corrected chi connectivity index (χ2v) is 6.26. The first-order valence-corrected chi connectivity index (χ1v) is 7.82. The van der Waals surface area contributed by atoms with Gasteiger partial charge >= 0.3 is 5.97 Å². The van der Waals surface area contributed by atoms with Crippen molar-refractivity contribution >= 4 is 28.5 Å². The van der Waals surface area contributed by atoms with Gasteiger partial charge in [0.05, 0.1) is 12.1 Å². The molecule has 1 heterocycles. The SMILES string of the molecule is CC(C)c1cc(Cl)ccc1Cn1nc(C(=O)O)c2ccccc21. The van der Waals surface area contributed by atoms with E-state index in [2.05, 4.69) is 18.9 Å². The van der Waals surface area contributed by atoms with Crippen LogP contribution in [-0.2, 0) is 6.54 Å². The zero-order valence-electron chi connectivity index (χ0n) is 13.0. The van der Waals surface area contributed by atoms with Gasteiger partial charge in [0.15, 0.2) is 5.69 Å². The molecule has 1 aromatic heterocycles. The number of carboxylic acid groups (broad SMARTS) is 1. The van der Waals surface area contributed by atoms with Crippen molar-refractivity contribution in [2.24, 2.45) is 0 Å². The quantitative estimate of drug-likeness (QED) is 0.763. The Morgan fingerprint density at radius 3 is 2.70 bits per heavy atom. The van der Waals surface area contributed by atoms with E-state index in [4.69, 9.17) is 11.6 Å². The summed E-state index contributed by atoms with van der Waals surface area (Å²) < 4.78 is 1.74. The van der Waals surface area contributed by atoms with Crippen molar-refractivity contribution in [2.45, 2.75) is 26.3 Å². The molecule has 3 aromatic rings. The molecule has 0 aliphatic rings. The van der Waals surface area contributed by atoms with Gasteiger partial charge in [0.2, 0.25) is 0 Å². The number of carboxylic acids is 1. The van der Waals surface area contributed by atoms with Gasteiger partial charge in [0.25, 0.3) is 0 Å². The molecule has 3 rings (SSSR count). The minimum atomic E-state index is -1.01. The molecule has 118 valence electrons. The fourth-order valence-electron chi connectivity index (χ4n) is 2.81. The fourth-order valence-corrected chi connectivity index (χ4v) is 3.00. The molecule has 0 fully saturated rings. The maximum absolute atomic E-state index is 11.4. The van der Waals surface area contributed by atoms with Crippen molar-refractivity contribution in [1.29, 1.82) is 0 Å². The van der Waals surface area contributed by atoms with Crippen LogP contribution in [0.15, 0.2) is 42.5 Å². The van der Waals surface area contributed by atoms with Gasteiger partial charge in [-0.1, -0.05) is 49.7 Å². The minimum absolute atomic E-state index is 0.0839. The van der Waals surface area contributed by atoms with Gasteiger partial charge < -0.3 is 5.11 Å². The second kappa shape index (κ2) is 6.05. The van der Waals surface area contributed by atoms with Gasteiger partial charge in [-0.05, 0) is 35.2 Å². The third-order valence-corrected chi connectivity index (χ3v) is 4.15. The number of fused-ring (bicyclic) bond motifs is 1. The molecule has 0 radical (unpaired) electrons. The molecule has 4 nitrogen and oxygen atoms in total. The first-order valence-electron chi connectivity index (χ1n) is 7.44. The predicted molar refractivity (Wildman–Crippen MR) is 91.3 cm³/mol. The average molecular weight is 329 g/mol. The number of carbonyl (C=O) groups is 1. The smallest absolute Gasteiger partial charge is 0.357 e. The number of aromatic nitrogens is 2. The molecule has 0 spiro atoms. The fraction of sp³-hybridized carbons (Fsp3) is 0.222. The van der Waals surface area contributed by atoms with Crippen molar-refractivity contribution in [2.75, 3.05) is 0 Å². The van der Waals surface area contributed by atoms with Crippen LogP contribution in [0.3, 0.4) is 0 Å². The topological polar surface area (TPSA) is 55.1 Å². The molecule has 0 atom stereocenters. The molecule has 0 saturated carbocycles. The van der Waals surface area contributed by atoms with Crippen molar-refractivity contribution in [3.05, 3.63) is 64.3 Å². The summed E-state index contributed by atoms with van der Waals surface area (Å²) in [7, 11) is 0. The van der Waals surface area contributed by atoms with E-state index in [0.717, 1.165) is 16.6 Å². The van der Waals surface area contributed by atoms with Gasteiger partial charge in [-0.3, -0.25) is 4.68 Å². The van der Waals surface area contributed by atoms with E-state index >= 15 is 0 Å². The normalized spacial score (nSPS) is 11.3. The maximum atomic E-state index is 11.4. The molecule has 1 N–H and O–H groups in total. The number of hydrogen-bond acceptors (Lipinski definition) is 2. The van der Waals surface area contributed by atoms with Crippen LogP contribution in [0.1, 0.15) is 41.4 Å². The summed E-state index contributed by atoms with van der Waals surface area (Å²) in [5.74, 6) is -0.690. The Morgan fingerprint density at radius 2 is 2.00 bits per heavy atom. The predicted octanol–water partition coefficient (Wildman–Crippen LogP) is 4.56. The third kappa shape index (κ3) is 2.94. The third-order valence-electron chi connectivity index (χ3n) is 3.91. The van der Waals surface area contributed by atoms with Crippen molar-refractivity contribution in [3.8, 4) is 0 Å². The summed E-state index contributed by atoms with van der Waals surface area (Å²) in [4.78, 5) is 11.4. The van der Waals surface area contributed by atoms with Crippen LogP contribution in [0, 0.1) is 0 Å². The molecule has 5 heteroatoms. The number of nitrogens with zero attached hydrogens (tertiary/aromatic N) is 2. The highest BCUT2D eigenvalue weighted by Crippen LogP contribution is 2.26. The largest absolute Gasteiger partial charge is 0.476 e. The Morgan fingerprint density at radius 1 is 1.26 bits per heavy atom. The summed E-state index contributed by atoms with van der Waals surface area (Å²) in [6, 6.07) is 13.2. The zero-order valence-corrected chi connectivity index (χ0v) is 13.7. The number of rotatable bonds is 4. The molecule has 0 bridgehead atoms. The molecular formula is C18H17ClN2O2. The Kier molecular flexibility index (Phi) is 4.09. The van der Waals surface area contributed by atoms with Gasteiger partial charge in [-0.15, -0.1) is 0 Å². The van der Waals surface area contributed by atoms with Crippen LogP contribution in [0.5, 0.6) is 0 Å². The van der Waals surface area contributed by atoms with Crippen LogP contribution in [0.2, 0.25) is 5.02 Å². The molecular weight excluding hydrogens is 312 g/mol. The van der Waals surface area contributed by atoms with Crippen LogP contribution >= 0.6 is 11.6 Å². The first kappa shape index (κ1) is 15.6. The van der Waals surface area contributed by atoms with Crippen LogP contribution in [0.4, 0.5) is 0 Å². The first-order chi connectivity index (χ1) is 11.0. The number of benzene rings is 2. The molecule has 0 amide bonds. The molecule has 0 saturated heterocycles. The van der Waals surface area contributed by atoms with Crippen molar-refractivity contribution in [3.63, 3.8) is 0 Å².